The first-order valence-corrected chi connectivity index (χ1v) is 7.70. The fraction of sp³-hybridized carbons (Fsp3) is 0.429. The van der Waals surface area contributed by atoms with E-state index in [1.165, 1.54) is 4.88 Å². The van der Waals surface area contributed by atoms with E-state index in [0.29, 0.717) is 5.15 Å². The first-order valence-electron chi connectivity index (χ1n) is 6.44. The number of thiophene rings is 1. The minimum absolute atomic E-state index is 0.265. The number of rotatable bonds is 5. The monoisotopic (exact) mass is 295 g/mol. The summed E-state index contributed by atoms with van der Waals surface area (Å²) in [5.41, 5.74) is 0. The van der Waals surface area contributed by atoms with Crippen molar-refractivity contribution in [3.8, 4) is 0 Å². The summed E-state index contributed by atoms with van der Waals surface area (Å²) in [6, 6.07) is 6.25. The summed E-state index contributed by atoms with van der Waals surface area (Å²) < 4.78 is 0. The van der Waals surface area contributed by atoms with Crippen LogP contribution in [0.25, 0.3) is 0 Å². The molecule has 1 N–H and O–H groups in total. The maximum atomic E-state index is 6.06. The average molecular weight is 296 g/mol. The Kier molecular flexibility index (Phi) is 4.77. The lowest BCUT2D eigenvalue weighted by Crippen LogP contribution is -2.11. The summed E-state index contributed by atoms with van der Waals surface area (Å²) in [4.78, 5) is 10.1. The minimum atomic E-state index is 0.265. The Bertz CT molecular complexity index is 525. The third-order valence-electron chi connectivity index (χ3n) is 2.85. The van der Waals surface area contributed by atoms with Crippen LogP contribution in [0.1, 0.15) is 49.9 Å². The van der Waals surface area contributed by atoms with E-state index in [2.05, 4.69) is 53.6 Å². The highest BCUT2D eigenvalue weighted by molar-refractivity contribution is 7.10. The highest BCUT2D eigenvalue weighted by atomic mass is 35.5. The van der Waals surface area contributed by atoms with Gasteiger partial charge < -0.3 is 5.32 Å². The van der Waals surface area contributed by atoms with Crippen molar-refractivity contribution in [1.82, 2.24) is 9.97 Å². The van der Waals surface area contributed by atoms with E-state index in [4.69, 9.17) is 11.6 Å². The van der Waals surface area contributed by atoms with E-state index in [1.807, 2.05) is 0 Å². The predicted octanol–water partition coefficient (Wildman–Crippen LogP) is 4.88. The van der Waals surface area contributed by atoms with Gasteiger partial charge in [-0.25, -0.2) is 9.97 Å². The van der Waals surface area contributed by atoms with Gasteiger partial charge in [0.15, 0.2) is 0 Å². The molecule has 2 aromatic heterocycles. The number of anilines is 1. The topological polar surface area (TPSA) is 37.8 Å². The quantitative estimate of drug-likeness (QED) is 0.799. The molecule has 3 nitrogen and oxygen atoms in total. The predicted molar refractivity (Wildman–Crippen MR) is 82.1 cm³/mol. The molecule has 0 bridgehead atoms. The van der Waals surface area contributed by atoms with Crippen LogP contribution in [0.4, 0.5) is 5.82 Å². The highest BCUT2D eigenvalue weighted by Gasteiger charge is 2.13. The Morgan fingerprint density at radius 1 is 1.37 bits per heavy atom. The Labute approximate surface area is 123 Å². The molecule has 1 unspecified atom stereocenters. The fourth-order valence-corrected chi connectivity index (χ4v) is 2.86. The van der Waals surface area contributed by atoms with Crippen molar-refractivity contribution in [3.05, 3.63) is 39.4 Å². The molecule has 2 heterocycles. The second kappa shape index (κ2) is 6.35. The maximum Gasteiger partial charge on any atom is 0.135 e. The zero-order chi connectivity index (χ0) is 13.8. The van der Waals surface area contributed by atoms with E-state index >= 15 is 0 Å². The summed E-state index contributed by atoms with van der Waals surface area (Å²) in [5.74, 6) is 1.83. The number of halogens is 1. The summed E-state index contributed by atoms with van der Waals surface area (Å²) in [7, 11) is 0. The molecule has 0 spiro atoms. The Hall–Kier alpha value is -1.13. The van der Waals surface area contributed by atoms with Crippen LogP contribution in [0.5, 0.6) is 0 Å². The standard InChI is InChI=1S/C14H18ClN3S/c1-4-10(11-6-5-7-19-11)16-13-8-12(15)17-14(18-13)9(2)3/h5-10H,4H2,1-3H3,(H,16,17,18). The smallest absolute Gasteiger partial charge is 0.135 e. The molecule has 0 saturated carbocycles. The van der Waals surface area contributed by atoms with E-state index in [0.717, 1.165) is 18.1 Å². The molecule has 0 aromatic carbocycles. The molecular weight excluding hydrogens is 278 g/mol. The van der Waals surface area contributed by atoms with Crippen molar-refractivity contribution >= 4 is 28.8 Å². The molecule has 0 amide bonds. The van der Waals surface area contributed by atoms with Crippen LogP contribution in [0.3, 0.4) is 0 Å². The van der Waals surface area contributed by atoms with Crippen molar-refractivity contribution in [2.24, 2.45) is 0 Å². The van der Waals surface area contributed by atoms with E-state index < -0.39 is 0 Å². The Balaban J connectivity index is 2.22. The van der Waals surface area contributed by atoms with Gasteiger partial charge in [-0.05, 0) is 17.9 Å². The molecule has 1 atom stereocenters. The van der Waals surface area contributed by atoms with Gasteiger partial charge in [-0.3, -0.25) is 0 Å². The van der Waals surface area contributed by atoms with Crippen molar-refractivity contribution in [2.45, 2.75) is 39.2 Å². The van der Waals surface area contributed by atoms with E-state index in [-0.39, 0.29) is 12.0 Å². The lowest BCUT2D eigenvalue weighted by molar-refractivity contribution is 0.740. The molecule has 0 fully saturated rings. The van der Waals surface area contributed by atoms with Gasteiger partial charge in [0.25, 0.3) is 0 Å². The summed E-state index contributed by atoms with van der Waals surface area (Å²) in [6.07, 6.45) is 0.999. The van der Waals surface area contributed by atoms with Crippen molar-refractivity contribution in [1.29, 1.82) is 0 Å². The zero-order valence-corrected chi connectivity index (χ0v) is 12.9. The number of nitrogens with zero attached hydrogens (tertiary/aromatic N) is 2. The van der Waals surface area contributed by atoms with Crippen LogP contribution in [-0.2, 0) is 0 Å². The van der Waals surface area contributed by atoms with Gasteiger partial charge in [0.05, 0.1) is 6.04 Å². The first-order chi connectivity index (χ1) is 9.10. The minimum Gasteiger partial charge on any atom is -0.362 e. The van der Waals surface area contributed by atoms with E-state index in [9.17, 15) is 0 Å². The molecule has 0 radical (unpaired) electrons. The number of aromatic nitrogens is 2. The molecule has 102 valence electrons. The largest absolute Gasteiger partial charge is 0.362 e. The number of hydrogen-bond acceptors (Lipinski definition) is 4. The first kappa shape index (κ1) is 14.3. The molecule has 5 heteroatoms. The van der Waals surface area contributed by atoms with Gasteiger partial charge in [0.1, 0.15) is 16.8 Å². The lowest BCUT2D eigenvalue weighted by Gasteiger charge is -2.17. The molecule has 0 aliphatic rings. The van der Waals surface area contributed by atoms with Gasteiger partial charge in [-0.2, -0.15) is 0 Å². The molecule has 19 heavy (non-hydrogen) atoms. The lowest BCUT2D eigenvalue weighted by atomic mass is 10.2. The molecule has 0 aliphatic carbocycles. The van der Waals surface area contributed by atoms with Crippen molar-refractivity contribution in [2.75, 3.05) is 5.32 Å². The van der Waals surface area contributed by atoms with Gasteiger partial charge in [-0.1, -0.05) is 38.4 Å². The maximum absolute atomic E-state index is 6.06. The Morgan fingerprint density at radius 3 is 2.74 bits per heavy atom. The molecular formula is C14H18ClN3S. The second-order valence-electron chi connectivity index (χ2n) is 4.71. The van der Waals surface area contributed by atoms with Crippen molar-refractivity contribution < 1.29 is 0 Å². The van der Waals surface area contributed by atoms with Crippen LogP contribution in [0, 0.1) is 0 Å². The van der Waals surface area contributed by atoms with E-state index in [1.54, 1.807) is 17.4 Å². The fourth-order valence-electron chi connectivity index (χ4n) is 1.81. The van der Waals surface area contributed by atoms with Crippen LogP contribution in [0.15, 0.2) is 23.6 Å². The van der Waals surface area contributed by atoms with Crippen molar-refractivity contribution in [3.63, 3.8) is 0 Å². The number of hydrogen-bond donors (Lipinski definition) is 1. The summed E-state index contributed by atoms with van der Waals surface area (Å²) in [6.45, 7) is 6.28. The normalized spacial score (nSPS) is 12.7. The number of nitrogens with one attached hydrogen (secondary N) is 1. The SMILES string of the molecule is CCC(Nc1cc(Cl)nc(C(C)C)n1)c1cccs1. The summed E-state index contributed by atoms with van der Waals surface area (Å²) in [5, 5.41) is 6.02. The van der Waals surface area contributed by atoms with Crippen LogP contribution in [-0.4, -0.2) is 9.97 Å². The molecule has 0 aliphatic heterocycles. The highest BCUT2D eigenvalue weighted by Crippen LogP contribution is 2.26. The molecule has 2 aromatic rings. The molecule has 0 saturated heterocycles. The summed E-state index contributed by atoms with van der Waals surface area (Å²) >= 11 is 7.81. The average Bonchev–Trinajstić information content (AvgIpc) is 2.89. The van der Waals surface area contributed by atoms with Gasteiger partial charge in [0, 0.05) is 16.9 Å². The third kappa shape index (κ3) is 3.67. The Morgan fingerprint density at radius 2 is 2.16 bits per heavy atom. The third-order valence-corrected chi connectivity index (χ3v) is 4.03. The van der Waals surface area contributed by atoms with Crippen LogP contribution >= 0.6 is 22.9 Å². The van der Waals surface area contributed by atoms with Crippen LogP contribution in [0.2, 0.25) is 5.15 Å². The zero-order valence-electron chi connectivity index (χ0n) is 11.4. The molecule has 2 rings (SSSR count). The van der Waals surface area contributed by atoms with Gasteiger partial charge in [0.2, 0.25) is 0 Å². The van der Waals surface area contributed by atoms with Crippen LogP contribution < -0.4 is 5.32 Å². The second-order valence-corrected chi connectivity index (χ2v) is 6.08. The van der Waals surface area contributed by atoms with Gasteiger partial charge in [-0.15, -0.1) is 11.3 Å². The van der Waals surface area contributed by atoms with Gasteiger partial charge >= 0.3 is 0 Å².